The van der Waals surface area contributed by atoms with Crippen molar-refractivity contribution < 1.29 is 13.7 Å². The minimum atomic E-state index is -2.62. The maximum atomic E-state index is 10.7. The van der Waals surface area contributed by atoms with Crippen molar-refractivity contribution in [2.24, 2.45) is 0 Å². The van der Waals surface area contributed by atoms with Crippen LogP contribution in [0.3, 0.4) is 0 Å². The highest BCUT2D eigenvalue weighted by Crippen LogP contribution is 2.30. The molecule has 0 fully saturated rings. The van der Waals surface area contributed by atoms with E-state index in [0.717, 1.165) is 12.3 Å². The van der Waals surface area contributed by atoms with E-state index in [4.69, 9.17) is 27.8 Å². The number of alkyl halides is 1. The van der Waals surface area contributed by atoms with Crippen molar-refractivity contribution in [1.29, 1.82) is 0 Å². The Labute approximate surface area is 91.3 Å². The highest BCUT2D eigenvalue weighted by Gasteiger charge is 2.48. The highest BCUT2D eigenvalue weighted by molar-refractivity contribution is 7.77. The van der Waals surface area contributed by atoms with Gasteiger partial charge in [0, 0.05) is 12.3 Å². The summed E-state index contributed by atoms with van der Waals surface area (Å²) >= 11 is 8.40. The van der Waals surface area contributed by atoms with Gasteiger partial charge in [-0.2, -0.15) is 4.31 Å². The molecule has 0 saturated carbocycles. The van der Waals surface area contributed by atoms with Crippen LogP contribution in [0, 0.1) is 10.1 Å². The van der Waals surface area contributed by atoms with Crippen LogP contribution in [0.1, 0.15) is 0 Å². The van der Waals surface area contributed by atoms with Crippen LogP contribution in [-0.2, 0) is 11.3 Å². The second-order valence-corrected chi connectivity index (χ2v) is 4.14. The monoisotopic (exact) mass is 258 g/mol. The maximum absolute atomic E-state index is 10.7. The average molecular weight is 259 g/mol. The summed E-state index contributed by atoms with van der Waals surface area (Å²) in [4.78, 5) is 9.66. The molecule has 0 aromatic heterocycles. The molecule has 0 amide bonds. The van der Waals surface area contributed by atoms with Gasteiger partial charge >= 0.3 is 5.12 Å². The van der Waals surface area contributed by atoms with Crippen molar-refractivity contribution >= 4 is 34.5 Å². The molecule has 1 N–H and O–H groups in total. The predicted molar refractivity (Wildman–Crippen MR) is 51.3 cm³/mol. The van der Waals surface area contributed by atoms with Crippen molar-refractivity contribution in [2.75, 3.05) is 0 Å². The molecule has 1 heterocycles. The summed E-state index contributed by atoms with van der Waals surface area (Å²) in [6.07, 6.45) is 3.03. The molecular weight excluding hydrogens is 255 g/mol. The molecule has 1 aliphatic rings. The third-order valence-electron chi connectivity index (χ3n) is 1.43. The molecule has 1 rings (SSSR count). The number of halogens is 2. The van der Waals surface area contributed by atoms with Crippen LogP contribution in [0.4, 0.5) is 0 Å². The van der Waals surface area contributed by atoms with Crippen molar-refractivity contribution in [2.45, 2.75) is 5.12 Å². The molecule has 0 spiro atoms. The molecule has 2 unspecified atom stereocenters. The second-order valence-electron chi connectivity index (χ2n) is 2.30. The smallest absolute Gasteiger partial charge is 0.289 e. The van der Waals surface area contributed by atoms with E-state index >= 15 is 0 Å². The topological polar surface area (TPSA) is 83.7 Å². The van der Waals surface area contributed by atoms with Gasteiger partial charge in [-0.3, -0.25) is 14.7 Å². The number of hydrogen-bond donors (Lipinski definition) is 1. The molecule has 14 heavy (non-hydrogen) atoms. The third kappa shape index (κ3) is 1.90. The first-order valence-electron chi connectivity index (χ1n) is 3.18. The van der Waals surface area contributed by atoms with Gasteiger partial charge in [0.05, 0.1) is 9.96 Å². The second kappa shape index (κ2) is 3.85. The molecule has 0 bridgehead atoms. The fraction of sp³-hybridized carbons (Fsp3) is 0.200. The minimum absolute atomic E-state index is 0.0746. The summed E-state index contributed by atoms with van der Waals surface area (Å²) in [5.74, 6) is 0. The van der Waals surface area contributed by atoms with Gasteiger partial charge in [-0.1, -0.05) is 11.6 Å². The molecule has 0 aromatic carbocycles. The standard InChI is InChI=1S/C5H4Cl2N2O4S/c6-4-1-2-5(7,9(10)11)8(3-4)14(12)13/h1-3H,(H,12,13). The summed E-state index contributed by atoms with van der Waals surface area (Å²) in [5, 5.41) is 8.37. The summed E-state index contributed by atoms with van der Waals surface area (Å²) in [6.45, 7) is 0. The molecule has 2 atom stereocenters. The van der Waals surface area contributed by atoms with Gasteiger partial charge in [-0.05, 0) is 17.7 Å². The van der Waals surface area contributed by atoms with Crippen molar-refractivity contribution in [3.8, 4) is 0 Å². The van der Waals surface area contributed by atoms with Crippen LogP contribution in [0.15, 0.2) is 23.4 Å². The Kier molecular flexibility index (Phi) is 3.15. The molecular formula is C5H4Cl2N2O4S. The summed E-state index contributed by atoms with van der Waals surface area (Å²) in [5.41, 5.74) is 0. The van der Waals surface area contributed by atoms with Crippen LogP contribution in [0.25, 0.3) is 0 Å². The molecule has 78 valence electrons. The Morgan fingerprint density at radius 3 is 2.71 bits per heavy atom. The average Bonchev–Trinajstić information content (AvgIpc) is 2.08. The third-order valence-corrected chi connectivity index (χ3v) is 2.92. The predicted octanol–water partition coefficient (Wildman–Crippen LogP) is 1.24. The van der Waals surface area contributed by atoms with Crippen molar-refractivity contribution in [3.63, 3.8) is 0 Å². The lowest BCUT2D eigenvalue weighted by molar-refractivity contribution is -0.546. The zero-order chi connectivity index (χ0) is 10.9. The van der Waals surface area contributed by atoms with Crippen LogP contribution in [0.2, 0.25) is 0 Å². The summed E-state index contributed by atoms with van der Waals surface area (Å²) in [6, 6.07) is 0. The van der Waals surface area contributed by atoms with Crippen LogP contribution >= 0.6 is 23.2 Å². The lowest BCUT2D eigenvalue weighted by atomic mass is 10.3. The van der Waals surface area contributed by atoms with E-state index in [-0.39, 0.29) is 5.03 Å². The Hall–Kier alpha value is -0.630. The molecule has 6 nitrogen and oxygen atoms in total. The lowest BCUT2D eigenvalue weighted by Crippen LogP contribution is -2.47. The van der Waals surface area contributed by atoms with Gasteiger partial charge in [0.1, 0.15) is 0 Å². The first-order chi connectivity index (χ1) is 6.38. The SMILES string of the molecule is O=[N+]([O-])C1(Cl)C=CC(Cl)=CN1S(=O)O. The maximum Gasteiger partial charge on any atom is 0.406 e. The van der Waals surface area contributed by atoms with Crippen molar-refractivity contribution in [3.05, 3.63) is 33.5 Å². The fourth-order valence-electron chi connectivity index (χ4n) is 0.801. The van der Waals surface area contributed by atoms with E-state index in [2.05, 4.69) is 0 Å². The Morgan fingerprint density at radius 2 is 2.29 bits per heavy atom. The van der Waals surface area contributed by atoms with Gasteiger partial charge < -0.3 is 0 Å². The molecule has 0 aromatic rings. The summed E-state index contributed by atoms with van der Waals surface area (Å²) in [7, 11) is 0. The van der Waals surface area contributed by atoms with Crippen molar-refractivity contribution in [1.82, 2.24) is 4.31 Å². The van der Waals surface area contributed by atoms with Gasteiger partial charge in [0.15, 0.2) is 0 Å². The highest BCUT2D eigenvalue weighted by atomic mass is 35.5. The molecule has 1 aliphatic heterocycles. The zero-order valence-corrected chi connectivity index (χ0v) is 8.79. The number of allylic oxidation sites excluding steroid dienone is 2. The zero-order valence-electron chi connectivity index (χ0n) is 6.46. The lowest BCUT2D eigenvalue weighted by Gasteiger charge is -2.26. The first-order valence-corrected chi connectivity index (χ1v) is 5.00. The Morgan fingerprint density at radius 1 is 1.71 bits per heavy atom. The number of rotatable bonds is 2. The summed E-state index contributed by atoms with van der Waals surface area (Å²) < 4.78 is 19.9. The quantitative estimate of drug-likeness (QED) is 0.266. The number of hydrogen-bond acceptors (Lipinski definition) is 3. The number of nitro groups is 1. The molecule has 9 heteroatoms. The Bertz CT molecular complexity index is 358. The largest absolute Gasteiger partial charge is 0.406 e. The molecule has 0 aliphatic carbocycles. The first kappa shape index (κ1) is 11.4. The van der Waals surface area contributed by atoms with E-state index in [9.17, 15) is 14.3 Å². The van der Waals surface area contributed by atoms with E-state index in [0.29, 0.717) is 4.31 Å². The van der Waals surface area contributed by atoms with E-state index < -0.39 is 21.3 Å². The van der Waals surface area contributed by atoms with E-state index in [1.165, 1.54) is 6.08 Å². The van der Waals surface area contributed by atoms with Gasteiger partial charge in [-0.25, -0.2) is 4.21 Å². The van der Waals surface area contributed by atoms with Crippen LogP contribution in [0.5, 0.6) is 0 Å². The van der Waals surface area contributed by atoms with Gasteiger partial charge in [0.25, 0.3) is 11.3 Å². The van der Waals surface area contributed by atoms with E-state index in [1.54, 1.807) is 0 Å². The van der Waals surface area contributed by atoms with Gasteiger partial charge in [-0.15, -0.1) is 0 Å². The Balaban J connectivity index is 3.15. The normalized spacial score (nSPS) is 28.5. The fourth-order valence-corrected chi connectivity index (χ4v) is 1.86. The molecule has 0 radical (unpaired) electrons. The van der Waals surface area contributed by atoms with Gasteiger partial charge in [0.2, 0.25) is 0 Å². The number of nitrogens with zero attached hydrogens (tertiary/aromatic N) is 2. The van der Waals surface area contributed by atoms with E-state index in [1.807, 2.05) is 0 Å². The van der Waals surface area contributed by atoms with Crippen LogP contribution < -0.4 is 0 Å². The van der Waals surface area contributed by atoms with Crippen LogP contribution in [-0.4, -0.2) is 23.1 Å². The minimum Gasteiger partial charge on any atom is -0.289 e. The molecule has 0 saturated heterocycles.